The molecular weight excluding hydrogens is 406 g/mol. The summed E-state index contributed by atoms with van der Waals surface area (Å²) < 4.78 is 39.6. The second-order valence-electron chi connectivity index (χ2n) is 6.62. The molecule has 9 heteroatoms. The third-order valence-electron chi connectivity index (χ3n) is 4.65. The SMILES string of the molecule is COc1ccc(CN(Cc2ccc(OC)cc2)S(=O)(=O)c2cc(C=O)n(C)n2)cc1. The minimum atomic E-state index is -3.96. The van der Waals surface area contributed by atoms with Gasteiger partial charge in [0.1, 0.15) is 17.2 Å². The number of ether oxygens (including phenoxy) is 2. The van der Waals surface area contributed by atoms with Gasteiger partial charge in [-0.25, -0.2) is 8.42 Å². The van der Waals surface area contributed by atoms with Crippen molar-refractivity contribution >= 4 is 16.3 Å². The van der Waals surface area contributed by atoms with E-state index in [-0.39, 0.29) is 23.8 Å². The third kappa shape index (κ3) is 4.69. The third-order valence-corrected chi connectivity index (χ3v) is 6.32. The molecule has 1 aromatic heterocycles. The number of carbonyl (C=O) groups excluding carboxylic acids is 1. The number of aldehydes is 1. The smallest absolute Gasteiger partial charge is 0.263 e. The van der Waals surface area contributed by atoms with Crippen molar-refractivity contribution in [2.75, 3.05) is 14.2 Å². The Balaban J connectivity index is 1.96. The van der Waals surface area contributed by atoms with Crippen LogP contribution in [-0.4, -0.2) is 43.0 Å². The van der Waals surface area contributed by atoms with Gasteiger partial charge in [0.05, 0.1) is 14.2 Å². The molecule has 0 saturated carbocycles. The minimum Gasteiger partial charge on any atom is -0.497 e. The van der Waals surface area contributed by atoms with Gasteiger partial charge < -0.3 is 9.47 Å². The van der Waals surface area contributed by atoms with Crippen LogP contribution in [0.15, 0.2) is 59.6 Å². The lowest BCUT2D eigenvalue weighted by molar-refractivity contribution is 0.111. The molecule has 30 heavy (non-hydrogen) atoms. The molecule has 0 amide bonds. The topological polar surface area (TPSA) is 90.7 Å². The van der Waals surface area contributed by atoms with Gasteiger partial charge in [-0.15, -0.1) is 0 Å². The molecule has 2 aromatic carbocycles. The molecule has 0 saturated heterocycles. The van der Waals surface area contributed by atoms with Crippen molar-refractivity contribution < 1.29 is 22.7 Å². The van der Waals surface area contributed by atoms with Crippen LogP contribution in [0.25, 0.3) is 0 Å². The van der Waals surface area contributed by atoms with Gasteiger partial charge in [-0.1, -0.05) is 24.3 Å². The summed E-state index contributed by atoms with van der Waals surface area (Å²) in [5.74, 6) is 1.37. The fraction of sp³-hybridized carbons (Fsp3) is 0.238. The Bertz CT molecular complexity index is 1060. The maximum Gasteiger partial charge on any atom is 0.263 e. The molecule has 0 bridgehead atoms. The molecule has 1 heterocycles. The lowest BCUT2D eigenvalue weighted by Gasteiger charge is -2.21. The molecule has 158 valence electrons. The molecule has 0 atom stereocenters. The summed E-state index contributed by atoms with van der Waals surface area (Å²) in [7, 11) is 0.708. The van der Waals surface area contributed by atoms with Crippen LogP contribution >= 0.6 is 0 Å². The number of aromatic nitrogens is 2. The lowest BCUT2D eigenvalue weighted by atomic mass is 10.2. The average molecular weight is 429 g/mol. The average Bonchev–Trinajstić information content (AvgIpc) is 3.15. The molecule has 0 fully saturated rings. The van der Waals surface area contributed by atoms with Crippen molar-refractivity contribution in [3.63, 3.8) is 0 Å². The van der Waals surface area contributed by atoms with E-state index in [2.05, 4.69) is 5.10 Å². The Hall–Kier alpha value is -3.17. The normalized spacial score (nSPS) is 11.5. The maximum atomic E-state index is 13.4. The summed E-state index contributed by atoms with van der Waals surface area (Å²) in [6.07, 6.45) is 0.573. The molecule has 0 radical (unpaired) electrons. The van der Waals surface area contributed by atoms with Gasteiger partial charge in [0.15, 0.2) is 11.3 Å². The van der Waals surface area contributed by atoms with Crippen LogP contribution in [0.4, 0.5) is 0 Å². The van der Waals surface area contributed by atoms with Gasteiger partial charge in [-0.2, -0.15) is 9.40 Å². The monoisotopic (exact) mass is 429 g/mol. The zero-order chi connectivity index (χ0) is 21.7. The molecular formula is C21H23N3O5S. The number of rotatable bonds is 9. The molecule has 0 N–H and O–H groups in total. The van der Waals surface area contributed by atoms with E-state index in [9.17, 15) is 13.2 Å². The molecule has 3 rings (SSSR count). The zero-order valence-electron chi connectivity index (χ0n) is 17.0. The van der Waals surface area contributed by atoms with E-state index in [4.69, 9.17) is 9.47 Å². The van der Waals surface area contributed by atoms with Gasteiger partial charge in [0.25, 0.3) is 10.0 Å². The molecule has 0 unspecified atom stereocenters. The van der Waals surface area contributed by atoms with E-state index in [0.717, 1.165) is 11.1 Å². The fourth-order valence-corrected chi connectivity index (χ4v) is 4.32. The van der Waals surface area contributed by atoms with Gasteiger partial charge in [-0.05, 0) is 35.4 Å². The summed E-state index contributed by atoms with van der Waals surface area (Å²) in [6, 6.07) is 15.6. The number of hydrogen-bond acceptors (Lipinski definition) is 6. The van der Waals surface area contributed by atoms with E-state index in [1.165, 1.54) is 22.1 Å². The first-order chi connectivity index (χ1) is 14.4. The number of aryl methyl sites for hydroxylation is 1. The van der Waals surface area contributed by atoms with Gasteiger partial charge in [0.2, 0.25) is 0 Å². The zero-order valence-corrected chi connectivity index (χ0v) is 17.8. The van der Waals surface area contributed by atoms with Crippen LogP contribution in [-0.2, 0) is 30.2 Å². The highest BCUT2D eigenvalue weighted by Gasteiger charge is 2.28. The Kier molecular flexibility index (Phi) is 6.53. The Morgan fingerprint density at radius 3 is 1.77 bits per heavy atom. The Morgan fingerprint density at radius 1 is 0.933 bits per heavy atom. The first-order valence-electron chi connectivity index (χ1n) is 9.12. The number of nitrogens with zero attached hydrogens (tertiary/aromatic N) is 3. The van der Waals surface area contributed by atoms with Crippen LogP contribution in [0.3, 0.4) is 0 Å². The van der Waals surface area contributed by atoms with E-state index >= 15 is 0 Å². The van der Waals surface area contributed by atoms with Gasteiger partial charge in [0, 0.05) is 26.2 Å². The molecule has 0 spiro atoms. The van der Waals surface area contributed by atoms with E-state index < -0.39 is 10.0 Å². The summed E-state index contributed by atoms with van der Waals surface area (Å²) in [5, 5.41) is 3.86. The highest BCUT2D eigenvalue weighted by molar-refractivity contribution is 7.89. The van der Waals surface area contributed by atoms with Gasteiger partial charge in [-0.3, -0.25) is 9.48 Å². The first kappa shape index (κ1) is 21.5. The van der Waals surface area contributed by atoms with Crippen molar-refractivity contribution in [2.24, 2.45) is 7.05 Å². The fourth-order valence-electron chi connectivity index (χ4n) is 2.92. The molecule has 0 aliphatic rings. The van der Waals surface area contributed by atoms with Crippen LogP contribution in [0.1, 0.15) is 21.6 Å². The largest absolute Gasteiger partial charge is 0.497 e. The van der Waals surface area contributed by atoms with Crippen LogP contribution in [0, 0.1) is 0 Å². The Labute approximate surface area is 175 Å². The van der Waals surface area contributed by atoms with Crippen molar-refractivity contribution in [2.45, 2.75) is 18.1 Å². The number of hydrogen-bond donors (Lipinski definition) is 0. The number of carbonyl (C=O) groups is 1. The predicted molar refractivity (Wildman–Crippen MR) is 111 cm³/mol. The van der Waals surface area contributed by atoms with Gasteiger partial charge >= 0.3 is 0 Å². The standard InChI is InChI=1S/C21H23N3O5S/c1-23-18(15-25)12-21(22-23)30(26,27)24(13-16-4-8-19(28-2)9-5-16)14-17-6-10-20(29-3)11-7-17/h4-12,15H,13-14H2,1-3H3. The van der Waals surface area contributed by atoms with Crippen molar-refractivity contribution in [1.82, 2.24) is 14.1 Å². The minimum absolute atomic E-state index is 0.130. The summed E-state index contributed by atoms with van der Waals surface area (Å²) in [5.41, 5.74) is 1.77. The number of methoxy groups -OCH3 is 2. The van der Waals surface area contributed by atoms with Crippen molar-refractivity contribution in [1.29, 1.82) is 0 Å². The summed E-state index contributed by atoms with van der Waals surface area (Å²) in [4.78, 5) is 11.1. The lowest BCUT2D eigenvalue weighted by Crippen LogP contribution is -2.30. The first-order valence-corrected chi connectivity index (χ1v) is 10.6. The van der Waals surface area contributed by atoms with Crippen molar-refractivity contribution in [3.05, 3.63) is 71.4 Å². The molecule has 3 aromatic rings. The van der Waals surface area contributed by atoms with E-state index in [0.29, 0.717) is 17.8 Å². The second kappa shape index (κ2) is 9.10. The quantitative estimate of drug-likeness (QED) is 0.486. The van der Waals surface area contributed by atoms with Crippen LogP contribution < -0.4 is 9.47 Å². The number of benzene rings is 2. The summed E-state index contributed by atoms with van der Waals surface area (Å²) in [6.45, 7) is 0.261. The Morgan fingerprint density at radius 2 is 1.40 bits per heavy atom. The van der Waals surface area contributed by atoms with Crippen LogP contribution in [0.5, 0.6) is 11.5 Å². The summed E-state index contributed by atoms with van der Waals surface area (Å²) >= 11 is 0. The van der Waals surface area contributed by atoms with Crippen molar-refractivity contribution in [3.8, 4) is 11.5 Å². The molecule has 0 aliphatic carbocycles. The molecule has 0 aliphatic heterocycles. The predicted octanol–water partition coefficient (Wildman–Crippen LogP) is 2.64. The van der Waals surface area contributed by atoms with Crippen LogP contribution in [0.2, 0.25) is 0 Å². The highest BCUT2D eigenvalue weighted by atomic mass is 32.2. The van der Waals surface area contributed by atoms with E-state index in [1.54, 1.807) is 38.5 Å². The maximum absolute atomic E-state index is 13.4. The van der Waals surface area contributed by atoms with E-state index in [1.807, 2.05) is 24.3 Å². The molecule has 8 nitrogen and oxygen atoms in total. The highest BCUT2D eigenvalue weighted by Crippen LogP contribution is 2.23. The second-order valence-corrected chi connectivity index (χ2v) is 8.50. The number of sulfonamides is 1.